The first-order valence-electron chi connectivity index (χ1n) is 14.5. The van der Waals surface area contributed by atoms with Crippen LogP contribution in [0.1, 0.15) is 45.2 Å². The van der Waals surface area contributed by atoms with Crippen LogP contribution < -0.4 is 31.3 Å². The summed E-state index contributed by atoms with van der Waals surface area (Å²) < 4.78 is 6.06. The summed E-state index contributed by atoms with van der Waals surface area (Å²) in [5.74, 6) is -0.341. The van der Waals surface area contributed by atoms with E-state index in [1.165, 1.54) is 0 Å². The average molecular weight is 568 g/mol. The lowest BCUT2D eigenvalue weighted by Gasteiger charge is -2.28. The van der Waals surface area contributed by atoms with Crippen LogP contribution in [0.4, 0.5) is 0 Å². The molecule has 1 heterocycles. The summed E-state index contributed by atoms with van der Waals surface area (Å²) in [6.07, 6.45) is 1.77. The maximum atomic E-state index is 13.6. The van der Waals surface area contributed by atoms with E-state index in [2.05, 4.69) is 26.6 Å². The zero-order chi connectivity index (χ0) is 29.8. The van der Waals surface area contributed by atoms with E-state index in [-0.39, 0.29) is 36.1 Å². The van der Waals surface area contributed by atoms with E-state index in [1.54, 1.807) is 24.3 Å². The molecule has 0 spiro atoms. The lowest BCUT2D eigenvalue weighted by Crippen LogP contribution is -2.60. The Labute approximate surface area is 243 Å². The van der Waals surface area contributed by atoms with Crippen molar-refractivity contribution in [2.45, 2.75) is 71.1 Å². The molecule has 0 aliphatic carbocycles. The van der Waals surface area contributed by atoms with E-state index in [1.807, 2.05) is 52.0 Å². The van der Waals surface area contributed by atoms with Crippen molar-refractivity contribution in [3.63, 3.8) is 0 Å². The number of aryl methyl sites for hydroxylation is 1. The van der Waals surface area contributed by atoms with Gasteiger partial charge in [0.25, 0.3) is 0 Å². The fourth-order valence-electron chi connectivity index (χ4n) is 4.60. The van der Waals surface area contributed by atoms with Gasteiger partial charge in [-0.1, -0.05) is 58.0 Å². The highest BCUT2D eigenvalue weighted by Gasteiger charge is 2.31. The summed E-state index contributed by atoms with van der Waals surface area (Å²) in [7, 11) is 0. The fraction of sp³-hybridized carbons (Fsp3) is 0.516. The van der Waals surface area contributed by atoms with Gasteiger partial charge in [-0.05, 0) is 54.5 Å². The average Bonchev–Trinajstić information content (AvgIpc) is 2.94. The highest BCUT2D eigenvalue weighted by molar-refractivity contribution is 5.93. The first kappa shape index (κ1) is 31.9. The highest BCUT2D eigenvalue weighted by Crippen LogP contribution is 2.19. The van der Waals surface area contributed by atoms with Gasteiger partial charge >= 0.3 is 0 Å². The molecule has 10 nitrogen and oxygen atoms in total. The standard InChI is InChI=1S/C31H45N5O5/c1-20(2)28-31(40)35-26(19-34-21(3)4)29(38)33-15-7-9-23-8-5-6-10-27(23)41-17-16-32-25(30(39)36-28)18-22-11-13-24(37)14-12-22/h5-6,8,10-14,20-21,25-26,28,32,34,37H,7,9,15-19H2,1-4H3,(H,33,38)(H,35,40)(H,36,39)/t25-,26+,28-/m1/s1. The van der Waals surface area contributed by atoms with Crippen molar-refractivity contribution in [3.8, 4) is 11.5 Å². The Hall–Kier alpha value is -3.63. The van der Waals surface area contributed by atoms with Crippen LogP contribution in [0.2, 0.25) is 0 Å². The number of carbonyl (C=O) groups excluding carboxylic acids is 3. The summed E-state index contributed by atoms with van der Waals surface area (Å²) in [6, 6.07) is 12.3. The Morgan fingerprint density at radius 2 is 1.63 bits per heavy atom. The van der Waals surface area contributed by atoms with Crippen LogP contribution in [0.5, 0.6) is 11.5 Å². The Morgan fingerprint density at radius 1 is 0.902 bits per heavy atom. The molecule has 224 valence electrons. The molecule has 0 bridgehead atoms. The monoisotopic (exact) mass is 567 g/mol. The molecule has 6 N–H and O–H groups in total. The zero-order valence-corrected chi connectivity index (χ0v) is 24.5. The molecule has 0 saturated heterocycles. The third-order valence-corrected chi connectivity index (χ3v) is 6.95. The summed E-state index contributed by atoms with van der Waals surface area (Å²) in [6.45, 7) is 9.10. The number of fused-ring (bicyclic) bond motifs is 1. The van der Waals surface area contributed by atoms with Gasteiger partial charge in [-0.15, -0.1) is 0 Å². The first-order chi connectivity index (χ1) is 19.6. The van der Waals surface area contributed by atoms with Crippen molar-refractivity contribution in [2.75, 3.05) is 26.2 Å². The fourth-order valence-corrected chi connectivity index (χ4v) is 4.60. The van der Waals surface area contributed by atoms with Gasteiger partial charge in [-0.2, -0.15) is 0 Å². The van der Waals surface area contributed by atoms with Crippen molar-refractivity contribution in [1.82, 2.24) is 26.6 Å². The summed E-state index contributed by atoms with van der Waals surface area (Å²) in [5, 5.41) is 24.9. The molecule has 2 aromatic rings. The quantitative estimate of drug-likeness (QED) is 0.312. The maximum Gasteiger partial charge on any atom is 0.243 e. The van der Waals surface area contributed by atoms with Gasteiger partial charge in [-0.25, -0.2) is 0 Å². The third kappa shape index (κ3) is 10.4. The Balaban J connectivity index is 1.86. The number of hydrogen-bond acceptors (Lipinski definition) is 7. The van der Waals surface area contributed by atoms with Crippen LogP contribution in [0.3, 0.4) is 0 Å². The van der Waals surface area contributed by atoms with Crippen molar-refractivity contribution < 1.29 is 24.2 Å². The van der Waals surface area contributed by atoms with E-state index in [4.69, 9.17) is 4.74 Å². The number of rotatable bonds is 6. The molecule has 10 heteroatoms. The van der Waals surface area contributed by atoms with Gasteiger partial charge in [0.05, 0.1) is 6.04 Å². The number of hydrogen-bond donors (Lipinski definition) is 6. The third-order valence-electron chi connectivity index (χ3n) is 6.95. The highest BCUT2D eigenvalue weighted by atomic mass is 16.5. The van der Waals surface area contributed by atoms with Gasteiger partial charge in [0.15, 0.2) is 0 Å². The van der Waals surface area contributed by atoms with E-state index < -0.39 is 24.0 Å². The molecular weight excluding hydrogens is 522 g/mol. The predicted octanol–water partition coefficient (Wildman–Crippen LogP) is 1.66. The SMILES string of the molecule is CC(C)NC[C@@H]1NC(=O)[C@@H](C(C)C)NC(=O)[C@@H](Cc2ccc(O)cc2)NCCOc2ccccc2CCCNC1=O. The largest absolute Gasteiger partial charge is 0.508 e. The van der Waals surface area contributed by atoms with E-state index in [0.29, 0.717) is 39.0 Å². The number of phenols is 1. The second-order valence-corrected chi connectivity index (χ2v) is 11.1. The molecule has 3 atom stereocenters. The Bertz CT molecular complexity index is 1140. The Kier molecular flexibility index (Phi) is 12.4. The summed E-state index contributed by atoms with van der Waals surface area (Å²) in [4.78, 5) is 40.1. The van der Waals surface area contributed by atoms with Crippen molar-refractivity contribution >= 4 is 17.7 Å². The number of ether oxygens (including phenoxy) is 1. The zero-order valence-electron chi connectivity index (χ0n) is 24.5. The molecule has 0 fully saturated rings. The molecule has 0 unspecified atom stereocenters. The second-order valence-electron chi connectivity index (χ2n) is 11.1. The minimum atomic E-state index is -0.844. The molecular formula is C31H45N5O5. The van der Waals surface area contributed by atoms with Crippen LogP contribution in [0, 0.1) is 5.92 Å². The van der Waals surface area contributed by atoms with Crippen LogP contribution in [0.15, 0.2) is 48.5 Å². The lowest BCUT2D eigenvalue weighted by molar-refractivity contribution is -0.133. The predicted molar refractivity (Wildman–Crippen MR) is 159 cm³/mol. The van der Waals surface area contributed by atoms with Crippen molar-refractivity contribution in [1.29, 1.82) is 0 Å². The van der Waals surface area contributed by atoms with Gasteiger partial charge in [0.1, 0.15) is 30.2 Å². The van der Waals surface area contributed by atoms with Crippen LogP contribution in [-0.4, -0.2) is 73.2 Å². The van der Waals surface area contributed by atoms with E-state index in [9.17, 15) is 19.5 Å². The molecule has 41 heavy (non-hydrogen) atoms. The molecule has 0 saturated carbocycles. The summed E-state index contributed by atoms with van der Waals surface area (Å²) >= 11 is 0. The molecule has 1 aliphatic rings. The number of aromatic hydroxyl groups is 1. The number of para-hydroxylation sites is 1. The number of amides is 3. The molecule has 1 aliphatic heterocycles. The van der Waals surface area contributed by atoms with Gasteiger partial charge in [0, 0.05) is 25.7 Å². The van der Waals surface area contributed by atoms with Gasteiger partial charge in [0.2, 0.25) is 17.7 Å². The molecule has 2 aromatic carbocycles. The number of phenolic OH excluding ortho intramolecular Hbond substituents is 1. The van der Waals surface area contributed by atoms with Crippen LogP contribution >= 0.6 is 0 Å². The minimum Gasteiger partial charge on any atom is -0.508 e. The Morgan fingerprint density at radius 3 is 2.34 bits per heavy atom. The first-order valence-corrected chi connectivity index (χ1v) is 14.5. The molecule has 3 rings (SSSR count). The van der Waals surface area contributed by atoms with E-state index >= 15 is 0 Å². The maximum absolute atomic E-state index is 13.6. The van der Waals surface area contributed by atoms with Crippen LogP contribution in [0.25, 0.3) is 0 Å². The smallest absolute Gasteiger partial charge is 0.243 e. The number of carbonyl (C=O) groups is 3. The van der Waals surface area contributed by atoms with Crippen LogP contribution in [-0.2, 0) is 27.2 Å². The van der Waals surface area contributed by atoms with Gasteiger partial charge in [-0.3, -0.25) is 14.4 Å². The van der Waals surface area contributed by atoms with Gasteiger partial charge < -0.3 is 36.4 Å². The number of benzene rings is 2. The number of nitrogens with one attached hydrogen (secondary N) is 5. The van der Waals surface area contributed by atoms with Crippen molar-refractivity contribution in [2.24, 2.45) is 5.92 Å². The van der Waals surface area contributed by atoms with Crippen molar-refractivity contribution in [3.05, 3.63) is 59.7 Å². The lowest BCUT2D eigenvalue weighted by atomic mass is 10.0. The molecule has 0 aromatic heterocycles. The second kappa shape index (κ2) is 16.0. The topological polar surface area (TPSA) is 141 Å². The molecule has 3 amide bonds. The summed E-state index contributed by atoms with van der Waals surface area (Å²) in [5.41, 5.74) is 1.89. The van der Waals surface area contributed by atoms with E-state index in [0.717, 1.165) is 16.9 Å². The normalized spacial score (nSPS) is 21.6. The minimum absolute atomic E-state index is 0.122. The molecule has 0 radical (unpaired) electrons.